The summed E-state index contributed by atoms with van der Waals surface area (Å²) in [5, 5.41) is 7.16. The first-order chi connectivity index (χ1) is 16.3. The van der Waals surface area contributed by atoms with E-state index in [1.54, 1.807) is 0 Å². The average molecular weight is 433 g/mol. The molecule has 0 N–H and O–H groups in total. The highest BCUT2D eigenvalue weighted by Crippen LogP contribution is 2.47. The number of ether oxygens (including phenoxy) is 2. The second-order valence-electron chi connectivity index (χ2n) is 8.37. The highest BCUT2D eigenvalue weighted by atomic mass is 16.5. The summed E-state index contributed by atoms with van der Waals surface area (Å²) in [6.07, 6.45) is 0.539. The van der Waals surface area contributed by atoms with Gasteiger partial charge in [-0.1, -0.05) is 91.0 Å². The lowest BCUT2D eigenvalue weighted by atomic mass is 9.96. The van der Waals surface area contributed by atoms with Gasteiger partial charge in [-0.05, 0) is 29.3 Å². The lowest BCUT2D eigenvalue weighted by molar-refractivity contribution is -0.0191. The van der Waals surface area contributed by atoms with E-state index in [0.29, 0.717) is 6.61 Å². The first-order valence-electron chi connectivity index (χ1n) is 11.3. The van der Waals surface area contributed by atoms with Crippen molar-refractivity contribution in [2.75, 3.05) is 0 Å². The molecule has 0 bridgehead atoms. The monoisotopic (exact) mass is 432 g/mol. The molecule has 6 rings (SSSR count). The summed E-state index contributed by atoms with van der Waals surface area (Å²) >= 11 is 0. The van der Waals surface area contributed by atoms with Crippen LogP contribution in [0.5, 0.6) is 11.5 Å². The van der Waals surface area contributed by atoms with Gasteiger partial charge in [0.15, 0.2) is 0 Å². The van der Waals surface area contributed by atoms with E-state index in [1.165, 1.54) is 5.56 Å². The van der Waals surface area contributed by atoms with Crippen LogP contribution in [0.3, 0.4) is 0 Å². The minimum Gasteiger partial charge on any atom is -0.489 e. The number of benzene rings is 4. The second kappa shape index (κ2) is 8.47. The van der Waals surface area contributed by atoms with Crippen LogP contribution in [0, 0.1) is 0 Å². The van der Waals surface area contributed by atoms with Crippen LogP contribution in [0.2, 0.25) is 0 Å². The topological polar surface area (TPSA) is 34.1 Å². The summed E-state index contributed by atoms with van der Waals surface area (Å²) in [4.78, 5) is 0. The summed E-state index contributed by atoms with van der Waals surface area (Å²) in [6.45, 7) is 0.529. The molecule has 0 aliphatic carbocycles. The Bertz CT molecular complexity index is 1290. The minimum absolute atomic E-state index is 0.143. The van der Waals surface area contributed by atoms with Crippen molar-refractivity contribution in [3.63, 3.8) is 0 Å². The summed E-state index contributed by atoms with van der Waals surface area (Å²) in [5.41, 5.74) is 5.59. The van der Waals surface area contributed by atoms with Gasteiger partial charge >= 0.3 is 0 Å². The quantitative estimate of drug-likeness (QED) is 0.361. The van der Waals surface area contributed by atoms with Crippen molar-refractivity contribution in [1.29, 1.82) is 0 Å². The zero-order valence-corrected chi connectivity index (χ0v) is 18.2. The number of nitrogens with zero attached hydrogens (tertiary/aromatic N) is 2. The van der Waals surface area contributed by atoms with E-state index >= 15 is 0 Å². The van der Waals surface area contributed by atoms with Crippen molar-refractivity contribution < 1.29 is 9.47 Å². The fourth-order valence-corrected chi connectivity index (χ4v) is 4.56. The number of hydrogen-bond donors (Lipinski definition) is 0. The second-order valence-corrected chi connectivity index (χ2v) is 8.37. The van der Waals surface area contributed by atoms with Gasteiger partial charge < -0.3 is 9.47 Å². The van der Waals surface area contributed by atoms with Crippen LogP contribution in [0.15, 0.2) is 114 Å². The van der Waals surface area contributed by atoms with Gasteiger partial charge in [-0.15, -0.1) is 0 Å². The standard InChI is InChI=1S/C29H24N2O2/c1-3-10-21(11-4-1)20-32-24-15-9-14-23(18-24)29-31-27(25-16-7-8-17-28(25)33-29)19-26(30-31)22-12-5-2-6-13-22/h1-18,27,29H,19-20H2/t27-,29-/m1/s1. The van der Waals surface area contributed by atoms with Crippen LogP contribution in [0.25, 0.3) is 0 Å². The minimum atomic E-state index is -0.314. The molecule has 2 heterocycles. The molecule has 33 heavy (non-hydrogen) atoms. The molecule has 0 saturated heterocycles. The molecule has 4 aromatic carbocycles. The molecular formula is C29H24N2O2. The average Bonchev–Trinajstić information content (AvgIpc) is 3.34. The third-order valence-corrected chi connectivity index (χ3v) is 6.20. The highest BCUT2D eigenvalue weighted by Gasteiger charge is 2.40. The number of hydrazone groups is 1. The van der Waals surface area contributed by atoms with Gasteiger partial charge in [0.05, 0.1) is 11.8 Å². The molecule has 2 aliphatic heterocycles. The van der Waals surface area contributed by atoms with E-state index in [9.17, 15) is 0 Å². The molecular weight excluding hydrogens is 408 g/mol. The maximum absolute atomic E-state index is 6.50. The fraction of sp³-hybridized carbons (Fsp3) is 0.138. The fourth-order valence-electron chi connectivity index (χ4n) is 4.56. The van der Waals surface area contributed by atoms with Gasteiger partial charge in [0.1, 0.15) is 18.1 Å². The van der Waals surface area contributed by atoms with Crippen LogP contribution >= 0.6 is 0 Å². The van der Waals surface area contributed by atoms with Crippen LogP contribution in [-0.4, -0.2) is 10.7 Å². The summed E-state index contributed by atoms with van der Waals surface area (Å²) in [7, 11) is 0. The first-order valence-corrected chi connectivity index (χ1v) is 11.3. The Morgan fingerprint density at radius 1 is 0.818 bits per heavy atom. The molecule has 0 aromatic heterocycles. The number of fused-ring (bicyclic) bond motifs is 3. The zero-order chi connectivity index (χ0) is 22.0. The normalized spacial score (nSPS) is 18.7. The van der Waals surface area contributed by atoms with E-state index in [2.05, 4.69) is 71.7 Å². The number of hydrogen-bond acceptors (Lipinski definition) is 4. The lowest BCUT2D eigenvalue weighted by Gasteiger charge is -2.38. The molecule has 4 aromatic rings. The molecule has 2 aliphatic rings. The predicted molar refractivity (Wildman–Crippen MR) is 129 cm³/mol. The van der Waals surface area contributed by atoms with Crippen LogP contribution in [0.1, 0.15) is 40.9 Å². The van der Waals surface area contributed by atoms with Crippen LogP contribution in [0.4, 0.5) is 0 Å². The Hall–Kier alpha value is -4.05. The first kappa shape index (κ1) is 19.6. The van der Waals surface area contributed by atoms with Crippen molar-refractivity contribution in [3.05, 3.63) is 131 Å². The number of rotatable bonds is 5. The molecule has 0 fully saturated rings. The predicted octanol–water partition coefficient (Wildman–Crippen LogP) is 6.51. The van der Waals surface area contributed by atoms with E-state index in [4.69, 9.17) is 14.6 Å². The van der Waals surface area contributed by atoms with Crippen molar-refractivity contribution in [2.45, 2.75) is 25.3 Å². The Morgan fingerprint density at radius 2 is 1.58 bits per heavy atom. The van der Waals surface area contributed by atoms with Gasteiger partial charge in [0.25, 0.3) is 0 Å². The SMILES string of the molecule is c1ccc(COc2cccc([C@H]3Oc4ccccc4[C@H]4CC(c5ccccc5)=NN43)c2)cc1. The van der Waals surface area contributed by atoms with Gasteiger partial charge in [-0.25, -0.2) is 5.01 Å². The van der Waals surface area contributed by atoms with Gasteiger partial charge in [-0.2, -0.15) is 5.10 Å². The molecule has 0 amide bonds. The largest absolute Gasteiger partial charge is 0.489 e. The van der Waals surface area contributed by atoms with E-state index in [-0.39, 0.29) is 12.3 Å². The Balaban J connectivity index is 1.33. The summed E-state index contributed by atoms with van der Waals surface area (Å²) < 4.78 is 12.6. The summed E-state index contributed by atoms with van der Waals surface area (Å²) in [5.74, 6) is 1.74. The Morgan fingerprint density at radius 3 is 2.42 bits per heavy atom. The third kappa shape index (κ3) is 3.85. The third-order valence-electron chi connectivity index (χ3n) is 6.20. The Labute approximate surface area is 193 Å². The van der Waals surface area contributed by atoms with Crippen LogP contribution in [-0.2, 0) is 6.61 Å². The Kier molecular flexibility index (Phi) is 5.04. The maximum atomic E-state index is 6.50. The van der Waals surface area contributed by atoms with E-state index < -0.39 is 0 Å². The van der Waals surface area contributed by atoms with Crippen molar-refractivity contribution in [3.8, 4) is 11.5 Å². The highest BCUT2D eigenvalue weighted by molar-refractivity contribution is 6.01. The van der Waals surface area contributed by atoms with E-state index in [0.717, 1.165) is 40.3 Å². The number of para-hydroxylation sites is 1. The molecule has 4 heteroatoms. The molecule has 0 unspecified atom stereocenters. The molecule has 0 spiro atoms. The smallest absolute Gasteiger partial charge is 0.214 e. The van der Waals surface area contributed by atoms with Gasteiger partial charge in [-0.3, -0.25) is 0 Å². The molecule has 2 atom stereocenters. The molecule has 4 nitrogen and oxygen atoms in total. The molecule has 162 valence electrons. The van der Waals surface area contributed by atoms with Crippen molar-refractivity contribution in [2.24, 2.45) is 5.10 Å². The van der Waals surface area contributed by atoms with Crippen molar-refractivity contribution >= 4 is 5.71 Å². The van der Waals surface area contributed by atoms with Crippen LogP contribution < -0.4 is 9.47 Å². The van der Waals surface area contributed by atoms with Gasteiger partial charge in [0, 0.05) is 17.5 Å². The van der Waals surface area contributed by atoms with E-state index in [1.807, 2.05) is 42.5 Å². The van der Waals surface area contributed by atoms with Gasteiger partial charge in [0.2, 0.25) is 6.23 Å². The van der Waals surface area contributed by atoms with Crippen molar-refractivity contribution in [1.82, 2.24) is 5.01 Å². The summed E-state index contributed by atoms with van der Waals surface area (Å²) in [6, 6.07) is 37.2. The zero-order valence-electron chi connectivity index (χ0n) is 18.2. The molecule has 0 radical (unpaired) electrons. The lowest BCUT2D eigenvalue weighted by Crippen LogP contribution is -2.33. The molecule has 0 saturated carbocycles. The maximum Gasteiger partial charge on any atom is 0.214 e.